The number of thiophene rings is 1. The summed E-state index contributed by atoms with van der Waals surface area (Å²) in [5.41, 5.74) is 1.69. The Balaban J connectivity index is 1.80. The number of rotatable bonds is 8. The van der Waals surface area contributed by atoms with Crippen LogP contribution in [-0.2, 0) is 22.3 Å². The summed E-state index contributed by atoms with van der Waals surface area (Å²) in [6, 6.07) is 16.5. The Morgan fingerprint density at radius 2 is 1.82 bits per heavy atom. The standard InChI is InChI=1S/C21H24N2O3S2/c1-16(2)13-23(28(25,26)15-17-6-4-3-5-7-17)14-19-9-10-20(27-19)18-8-11-21(24)22-12-18/h3-12,16H,13-15H2,1-2H3,(H,22,24). The third kappa shape index (κ3) is 5.41. The van der Waals surface area contributed by atoms with E-state index in [0.29, 0.717) is 13.1 Å². The molecule has 3 aromatic rings. The summed E-state index contributed by atoms with van der Waals surface area (Å²) in [4.78, 5) is 5.87. The van der Waals surface area contributed by atoms with E-state index in [1.54, 1.807) is 34.0 Å². The Morgan fingerprint density at radius 1 is 1.07 bits per heavy atom. The molecule has 0 saturated carbocycles. The summed E-state index contributed by atoms with van der Waals surface area (Å²) in [6.45, 7) is 4.87. The van der Waals surface area contributed by atoms with Gasteiger partial charge in [0.05, 0.1) is 5.75 Å². The van der Waals surface area contributed by atoms with Gasteiger partial charge in [-0.2, -0.15) is 4.31 Å². The summed E-state index contributed by atoms with van der Waals surface area (Å²) in [7, 11) is -3.44. The molecule has 0 bridgehead atoms. The van der Waals surface area contributed by atoms with Gasteiger partial charge in [-0.05, 0) is 29.7 Å². The third-order valence-electron chi connectivity index (χ3n) is 4.18. The van der Waals surface area contributed by atoms with Crippen LogP contribution in [0.25, 0.3) is 10.4 Å². The second-order valence-electron chi connectivity index (χ2n) is 7.10. The van der Waals surface area contributed by atoms with Gasteiger partial charge in [-0.15, -0.1) is 11.3 Å². The third-order valence-corrected chi connectivity index (χ3v) is 7.06. The van der Waals surface area contributed by atoms with E-state index in [1.165, 1.54) is 0 Å². The molecule has 1 aromatic carbocycles. The first-order chi connectivity index (χ1) is 13.3. The lowest BCUT2D eigenvalue weighted by Gasteiger charge is -2.23. The molecule has 0 aliphatic heterocycles. The lowest BCUT2D eigenvalue weighted by molar-refractivity contribution is 0.364. The predicted octanol–water partition coefficient (Wildman–Crippen LogP) is 4.50. The lowest BCUT2D eigenvalue weighted by Crippen LogP contribution is -2.34. The average Bonchev–Trinajstić information content (AvgIpc) is 3.10. The molecule has 0 aliphatic rings. The molecule has 7 heteroatoms. The van der Waals surface area contributed by atoms with Gasteiger partial charge in [-0.1, -0.05) is 44.2 Å². The van der Waals surface area contributed by atoms with Crippen LogP contribution in [0, 0.1) is 5.92 Å². The van der Waals surface area contributed by atoms with Crippen molar-refractivity contribution in [2.75, 3.05) is 6.54 Å². The van der Waals surface area contributed by atoms with Gasteiger partial charge in [0.25, 0.3) is 0 Å². The van der Waals surface area contributed by atoms with Crippen LogP contribution in [0.2, 0.25) is 0 Å². The van der Waals surface area contributed by atoms with Crippen LogP contribution in [0.4, 0.5) is 0 Å². The molecule has 2 heterocycles. The van der Waals surface area contributed by atoms with Crippen molar-refractivity contribution in [2.45, 2.75) is 26.1 Å². The van der Waals surface area contributed by atoms with Gasteiger partial charge >= 0.3 is 0 Å². The van der Waals surface area contributed by atoms with E-state index in [9.17, 15) is 13.5 Å². The molecule has 1 N–H and O–H groups in total. The molecule has 0 unspecified atom stereocenters. The SMILES string of the molecule is CC(C)CN(Cc1ccc(-c2ccc(O)nc2)s1)S(=O)(=O)Cc1ccccc1. The van der Waals surface area contributed by atoms with Crippen molar-refractivity contribution in [3.8, 4) is 16.3 Å². The molecule has 5 nitrogen and oxygen atoms in total. The van der Waals surface area contributed by atoms with Crippen molar-refractivity contribution in [2.24, 2.45) is 5.92 Å². The summed E-state index contributed by atoms with van der Waals surface area (Å²) < 4.78 is 27.7. The molecule has 0 amide bonds. The van der Waals surface area contributed by atoms with Crippen molar-refractivity contribution < 1.29 is 13.5 Å². The highest BCUT2D eigenvalue weighted by Crippen LogP contribution is 2.30. The molecule has 0 aliphatic carbocycles. The molecular weight excluding hydrogens is 392 g/mol. The fourth-order valence-corrected chi connectivity index (χ4v) is 5.64. The van der Waals surface area contributed by atoms with Gasteiger partial charge in [0.15, 0.2) is 0 Å². The Labute approximate surface area is 170 Å². The minimum Gasteiger partial charge on any atom is -0.493 e. The number of benzene rings is 1. The Kier molecular flexibility index (Phi) is 6.49. The zero-order chi connectivity index (χ0) is 20.1. The highest BCUT2D eigenvalue weighted by Gasteiger charge is 2.24. The summed E-state index contributed by atoms with van der Waals surface area (Å²) in [6.07, 6.45) is 1.61. The summed E-state index contributed by atoms with van der Waals surface area (Å²) in [5.74, 6) is 0.211. The molecule has 0 saturated heterocycles. The van der Waals surface area contributed by atoms with Gasteiger partial charge in [-0.3, -0.25) is 0 Å². The quantitative estimate of drug-likeness (QED) is 0.587. The Bertz CT molecular complexity index is 998. The minimum absolute atomic E-state index is 0.000669. The monoisotopic (exact) mass is 416 g/mol. The van der Waals surface area contributed by atoms with Crippen LogP contribution < -0.4 is 0 Å². The number of nitrogens with zero attached hydrogens (tertiary/aromatic N) is 2. The van der Waals surface area contributed by atoms with Gasteiger partial charge in [-0.25, -0.2) is 13.4 Å². The van der Waals surface area contributed by atoms with Crippen LogP contribution in [0.15, 0.2) is 60.8 Å². The largest absolute Gasteiger partial charge is 0.493 e. The van der Waals surface area contributed by atoms with E-state index in [1.807, 2.05) is 56.3 Å². The van der Waals surface area contributed by atoms with Crippen molar-refractivity contribution in [1.29, 1.82) is 0 Å². The number of hydrogen-bond acceptors (Lipinski definition) is 5. The first-order valence-corrected chi connectivity index (χ1v) is 11.5. The summed E-state index contributed by atoms with van der Waals surface area (Å²) in [5, 5.41) is 9.34. The topological polar surface area (TPSA) is 70.5 Å². The van der Waals surface area contributed by atoms with Crippen molar-refractivity contribution in [3.63, 3.8) is 0 Å². The molecule has 0 spiro atoms. The maximum atomic E-state index is 13.0. The molecule has 2 aromatic heterocycles. The van der Waals surface area contributed by atoms with Crippen LogP contribution in [0.3, 0.4) is 0 Å². The first kappa shape index (κ1) is 20.5. The lowest BCUT2D eigenvalue weighted by atomic mass is 10.2. The fraction of sp³-hybridized carbons (Fsp3) is 0.286. The van der Waals surface area contributed by atoms with Gasteiger partial charge in [0.1, 0.15) is 0 Å². The smallest absolute Gasteiger partial charge is 0.218 e. The van der Waals surface area contributed by atoms with E-state index in [0.717, 1.165) is 20.9 Å². The molecule has 148 valence electrons. The second kappa shape index (κ2) is 8.86. The highest BCUT2D eigenvalue weighted by molar-refractivity contribution is 7.88. The maximum absolute atomic E-state index is 13.0. The molecule has 0 radical (unpaired) electrons. The fourth-order valence-electron chi connectivity index (χ4n) is 2.88. The molecule has 3 rings (SSSR count). The Morgan fingerprint density at radius 3 is 2.46 bits per heavy atom. The van der Waals surface area contributed by atoms with E-state index in [4.69, 9.17) is 0 Å². The zero-order valence-corrected chi connectivity index (χ0v) is 17.6. The van der Waals surface area contributed by atoms with Crippen molar-refractivity contribution >= 4 is 21.4 Å². The predicted molar refractivity (Wildman–Crippen MR) is 114 cm³/mol. The molecular formula is C21H24N2O3S2. The van der Waals surface area contributed by atoms with E-state index in [-0.39, 0.29) is 17.6 Å². The normalized spacial score (nSPS) is 12.0. The molecule has 0 fully saturated rings. The first-order valence-electron chi connectivity index (χ1n) is 9.09. The van der Waals surface area contributed by atoms with Crippen LogP contribution >= 0.6 is 11.3 Å². The van der Waals surface area contributed by atoms with Gasteiger partial charge in [0, 0.05) is 40.7 Å². The van der Waals surface area contributed by atoms with Gasteiger partial charge in [0.2, 0.25) is 15.9 Å². The maximum Gasteiger partial charge on any atom is 0.218 e. The molecule has 0 atom stereocenters. The minimum atomic E-state index is -3.44. The van der Waals surface area contributed by atoms with Crippen molar-refractivity contribution in [3.05, 3.63) is 71.2 Å². The number of hydrogen-bond donors (Lipinski definition) is 1. The Hall–Kier alpha value is -2.22. The van der Waals surface area contributed by atoms with Crippen molar-refractivity contribution in [1.82, 2.24) is 9.29 Å². The zero-order valence-electron chi connectivity index (χ0n) is 15.9. The van der Waals surface area contributed by atoms with E-state index >= 15 is 0 Å². The summed E-state index contributed by atoms with van der Waals surface area (Å²) >= 11 is 1.54. The average molecular weight is 417 g/mol. The second-order valence-corrected chi connectivity index (χ2v) is 10.2. The van der Waals surface area contributed by atoms with Crippen LogP contribution in [-0.4, -0.2) is 29.4 Å². The van der Waals surface area contributed by atoms with E-state index < -0.39 is 10.0 Å². The molecule has 28 heavy (non-hydrogen) atoms. The van der Waals surface area contributed by atoms with Gasteiger partial charge < -0.3 is 5.11 Å². The van der Waals surface area contributed by atoms with E-state index in [2.05, 4.69) is 4.98 Å². The van der Waals surface area contributed by atoms with Crippen LogP contribution in [0.5, 0.6) is 5.88 Å². The number of aromatic nitrogens is 1. The number of pyridine rings is 1. The number of sulfonamides is 1. The number of aromatic hydroxyl groups is 1. The highest BCUT2D eigenvalue weighted by atomic mass is 32.2. The van der Waals surface area contributed by atoms with Crippen LogP contribution in [0.1, 0.15) is 24.3 Å².